The third-order valence-electron chi connectivity index (χ3n) is 1.38. The van der Waals surface area contributed by atoms with Crippen LogP contribution in [0.1, 0.15) is 13.8 Å². The van der Waals surface area contributed by atoms with E-state index < -0.39 is 15.9 Å². The zero-order valence-corrected chi connectivity index (χ0v) is 7.43. The average molecular weight is 176 g/mol. The van der Waals surface area contributed by atoms with Gasteiger partial charge in [-0.3, -0.25) is 0 Å². The molecule has 0 fully saturated rings. The van der Waals surface area contributed by atoms with Crippen LogP contribution in [0, 0.1) is 23.2 Å². The van der Waals surface area contributed by atoms with Gasteiger partial charge in [0.1, 0.15) is 0 Å². The molecule has 5 heteroatoms. The van der Waals surface area contributed by atoms with Gasteiger partial charge in [-0.15, -0.1) is 0 Å². The summed E-state index contributed by atoms with van der Waals surface area (Å²) in [6.45, 7) is 3.58. The molecule has 0 aliphatic carbocycles. The topological polar surface area (TPSA) is 83.9 Å². The molecule has 0 aliphatic heterocycles. The zero-order valence-electron chi connectivity index (χ0n) is 6.61. The lowest BCUT2D eigenvalue weighted by atomic mass is 10.0. The first-order valence-corrected chi connectivity index (χ1v) is 4.98. The van der Waals surface area contributed by atoms with Crippen molar-refractivity contribution in [1.29, 1.82) is 5.26 Å². The van der Waals surface area contributed by atoms with E-state index in [0.717, 1.165) is 0 Å². The van der Waals surface area contributed by atoms with Crippen molar-refractivity contribution in [2.75, 3.05) is 5.75 Å². The molecule has 0 aromatic heterocycles. The highest BCUT2D eigenvalue weighted by Crippen LogP contribution is 2.10. The molecule has 2 N–H and O–H groups in total. The van der Waals surface area contributed by atoms with Crippen LogP contribution in [-0.4, -0.2) is 14.2 Å². The first-order chi connectivity index (χ1) is 4.87. The molecule has 11 heavy (non-hydrogen) atoms. The number of primary sulfonamides is 1. The fraction of sp³-hybridized carbons (Fsp3) is 0.833. The SMILES string of the molecule is CC(C)C(C#N)CS(N)(=O)=O. The third kappa shape index (κ3) is 4.76. The van der Waals surface area contributed by atoms with E-state index >= 15 is 0 Å². The molecule has 0 aromatic carbocycles. The summed E-state index contributed by atoms with van der Waals surface area (Å²) in [5, 5.41) is 13.3. The number of nitriles is 1. The second-order valence-corrected chi connectivity index (χ2v) is 4.47. The minimum atomic E-state index is -3.50. The smallest absolute Gasteiger partial charge is 0.210 e. The molecule has 0 bridgehead atoms. The highest BCUT2D eigenvalue weighted by atomic mass is 32.2. The van der Waals surface area contributed by atoms with Gasteiger partial charge < -0.3 is 0 Å². The lowest BCUT2D eigenvalue weighted by Crippen LogP contribution is -2.25. The molecule has 0 rings (SSSR count). The van der Waals surface area contributed by atoms with Crippen LogP contribution in [0.4, 0.5) is 0 Å². The Kier molecular flexibility index (Phi) is 3.49. The van der Waals surface area contributed by atoms with E-state index in [4.69, 9.17) is 10.4 Å². The van der Waals surface area contributed by atoms with Gasteiger partial charge in [-0.25, -0.2) is 13.6 Å². The number of hydrogen-bond donors (Lipinski definition) is 1. The summed E-state index contributed by atoms with van der Waals surface area (Å²) in [6.07, 6.45) is 0. The standard InChI is InChI=1S/C6H12N2O2S/c1-5(2)6(3-7)4-11(8,9)10/h5-6H,4H2,1-2H3,(H2,8,9,10). The van der Waals surface area contributed by atoms with Crippen molar-refractivity contribution in [2.45, 2.75) is 13.8 Å². The molecule has 1 atom stereocenters. The van der Waals surface area contributed by atoms with Gasteiger partial charge in [-0.2, -0.15) is 5.26 Å². The summed E-state index contributed by atoms with van der Waals surface area (Å²) >= 11 is 0. The van der Waals surface area contributed by atoms with Crippen molar-refractivity contribution >= 4 is 10.0 Å². The second kappa shape index (κ2) is 3.69. The molecule has 0 amide bonds. The van der Waals surface area contributed by atoms with Gasteiger partial charge in [0, 0.05) is 0 Å². The number of sulfonamides is 1. The predicted molar refractivity (Wildman–Crippen MR) is 41.9 cm³/mol. The summed E-state index contributed by atoms with van der Waals surface area (Å²) in [7, 11) is -3.50. The second-order valence-electron chi connectivity index (χ2n) is 2.81. The molecule has 0 aliphatic rings. The molecule has 0 spiro atoms. The molecular weight excluding hydrogens is 164 g/mol. The monoisotopic (exact) mass is 176 g/mol. The van der Waals surface area contributed by atoms with Crippen LogP contribution in [0.25, 0.3) is 0 Å². The Morgan fingerprint density at radius 1 is 1.55 bits per heavy atom. The molecule has 0 radical (unpaired) electrons. The number of hydrogen-bond acceptors (Lipinski definition) is 3. The summed E-state index contributed by atoms with van der Waals surface area (Å²) in [4.78, 5) is 0. The van der Waals surface area contributed by atoms with E-state index in [1.54, 1.807) is 13.8 Å². The Labute approximate surface area is 67.1 Å². The number of nitrogens with two attached hydrogens (primary N) is 1. The van der Waals surface area contributed by atoms with E-state index in [1.165, 1.54) is 0 Å². The lowest BCUT2D eigenvalue weighted by Gasteiger charge is -2.09. The third-order valence-corrected chi connectivity index (χ3v) is 2.21. The molecule has 4 nitrogen and oxygen atoms in total. The van der Waals surface area contributed by atoms with Crippen molar-refractivity contribution in [3.05, 3.63) is 0 Å². The average Bonchev–Trinajstić information content (AvgIpc) is 1.80. The van der Waals surface area contributed by atoms with Crippen molar-refractivity contribution < 1.29 is 8.42 Å². The van der Waals surface area contributed by atoms with Crippen LogP contribution in [-0.2, 0) is 10.0 Å². The van der Waals surface area contributed by atoms with Gasteiger partial charge in [0.2, 0.25) is 10.0 Å². The molecular formula is C6H12N2O2S. The minimum absolute atomic E-state index is 0.0262. The number of rotatable bonds is 3. The van der Waals surface area contributed by atoms with Crippen molar-refractivity contribution in [3.8, 4) is 6.07 Å². The summed E-state index contributed by atoms with van der Waals surface area (Å²) in [6, 6.07) is 1.90. The summed E-state index contributed by atoms with van der Waals surface area (Å²) < 4.78 is 21.1. The fourth-order valence-corrected chi connectivity index (χ4v) is 1.59. The zero-order chi connectivity index (χ0) is 9.07. The van der Waals surface area contributed by atoms with Gasteiger partial charge in [-0.1, -0.05) is 13.8 Å². The molecule has 64 valence electrons. The first kappa shape index (κ1) is 10.4. The Morgan fingerprint density at radius 3 is 2.09 bits per heavy atom. The normalized spacial score (nSPS) is 14.5. The quantitative estimate of drug-likeness (QED) is 0.660. The summed E-state index contributed by atoms with van der Waals surface area (Å²) in [5.74, 6) is -0.718. The van der Waals surface area contributed by atoms with E-state index in [-0.39, 0.29) is 11.7 Å². The first-order valence-electron chi connectivity index (χ1n) is 3.27. The Morgan fingerprint density at radius 2 is 2.00 bits per heavy atom. The highest BCUT2D eigenvalue weighted by Gasteiger charge is 2.18. The molecule has 1 unspecified atom stereocenters. The van der Waals surface area contributed by atoms with Gasteiger partial charge in [0.25, 0.3) is 0 Å². The van der Waals surface area contributed by atoms with E-state index in [2.05, 4.69) is 0 Å². The van der Waals surface area contributed by atoms with Crippen LogP contribution < -0.4 is 5.14 Å². The van der Waals surface area contributed by atoms with E-state index in [9.17, 15) is 8.42 Å². The van der Waals surface area contributed by atoms with Crippen LogP contribution in [0.15, 0.2) is 0 Å². The number of nitrogens with zero attached hydrogens (tertiary/aromatic N) is 1. The van der Waals surface area contributed by atoms with Crippen LogP contribution in [0.2, 0.25) is 0 Å². The van der Waals surface area contributed by atoms with E-state index in [1.807, 2.05) is 6.07 Å². The predicted octanol–water partition coefficient (Wildman–Crippen LogP) is 0.0707. The van der Waals surface area contributed by atoms with Crippen LogP contribution >= 0.6 is 0 Å². The van der Waals surface area contributed by atoms with Crippen molar-refractivity contribution in [2.24, 2.45) is 17.0 Å². The van der Waals surface area contributed by atoms with Crippen molar-refractivity contribution in [1.82, 2.24) is 0 Å². The Bertz CT molecular complexity index is 250. The Balaban J connectivity index is 4.26. The largest absolute Gasteiger partial charge is 0.229 e. The highest BCUT2D eigenvalue weighted by molar-refractivity contribution is 7.89. The van der Waals surface area contributed by atoms with Gasteiger partial charge in [0.15, 0.2) is 0 Å². The lowest BCUT2D eigenvalue weighted by molar-refractivity contribution is 0.504. The van der Waals surface area contributed by atoms with Crippen LogP contribution in [0.5, 0.6) is 0 Å². The molecule has 0 saturated heterocycles. The van der Waals surface area contributed by atoms with Crippen molar-refractivity contribution in [3.63, 3.8) is 0 Å². The van der Waals surface area contributed by atoms with E-state index in [0.29, 0.717) is 0 Å². The molecule has 0 saturated carbocycles. The molecule has 0 heterocycles. The van der Waals surface area contributed by atoms with Gasteiger partial charge >= 0.3 is 0 Å². The maximum Gasteiger partial charge on any atom is 0.210 e. The molecule has 0 aromatic rings. The maximum absolute atomic E-state index is 10.5. The van der Waals surface area contributed by atoms with Gasteiger partial charge in [-0.05, 0) is 5.92 Å². The Hall–Kier alpha value is -0.600. The van der Waals surface area contributed by atoms with Crippen LogP contribution in [0.3, 0.4) is 0 Å². The fourth-order valence-electron chi connectivity index (χ4n) is 0.629. The summed E-state index contributed by atoms with van der Waals surface area (Å²) in [5.41, 5.74) is 0. The minimum Gasteiger partial charge on any atom is -0.229 e. The van der Waals surface area contributed by atoms with Gasteiger partial charge in [0.05, 0.1) is 17.7 Å². The maximum atomic E-state index is 10.5.